The minimum Gasteiger partial charge on any atom is -0.292 e. The molecule has 0 saturated carbocycles. The van der Waals surface area contributed by atoms with E-state index in [0.29, 0.717) is 0 Å². The summed E-state index contributed by atoms with van der Waals surface area (Å²) in [6.45, 7) is 6.79. The molecular weight excluding hydrogens is 681 g/mol. The molecule has 0 aliphatic heterocycles. The minimum atomic E-state index is 0.833. The van der Waals surface area contributed by atoms with Crippen molar-refractivity contribution in [1.29, 1.82) is 0 Å². The Balaban J connectivity index is 1.35. The van der Waals surface area contributed by atoms with Gasteiger partial charge in [0.1, 0.15) is 10.6 Å². The number of pyridine rings is 1. The summed E-state index contributed by atoms with van der Waals surface area (Å²) in [5.74, 6) is 0.983. The average molecular weight is 711 g/mol. The van der Waals surface area contributed by atoms with Gasteiger partial charge in [-0.3, -0.25) is 4.57 Å². The van der Waals surface area contributed by atoms with Crippen LogP contribution in [0, 0.1) is 6.92 Å². The van der Waals surface area contributed by atoms with Crippen molar-refractivity contribution < 1.29 is 0 Å². The highest BCUT2D eigenvalue weighted by atomic mass is 32.1. The molecule has 2 nitrogen and oxygen atoms in total. The quantitative estimate of drug-likeness (QED) is 0.175. The van der Waals surface area contributed by atoms with E-state index in [0.717, 1.165) is 22.6 Å². The van der Waals surface area contributed by atoms with E-state index in [4.69, 9.17) is 4.98 Å². The fraction of sp³-hybridized carbons (Fsp3) is 0.0408. The number of aromatic nitrogens is 2. The van der Waals surface area contributed by atoms with E-state index >= 15 is 0 Å². The van der Waals surface area contributed by atoms with Crippen LogP contribution in [-0.2, 0) is 6.42 Å². The Morgan fingerprint density at radius 2 is 1.32 bits per heavy atom. The molecule has 7 aromatic carbocycles. The number of hydrogen-bond acceptors (Lipinski definition) is 3. The zero-order chi connectivity index (χ0) is 34.9. The molecule has 0 radical (unpaired) electrons. The van der Waals surface area contributed by atoms with Crippen molar-refractivity contribution in [1.82, 2.24) is 9.55 Å². The molecular formula is C49H30N2S2. The minimum absolute atomic E-state index is 0.833. The largest absolute Gasteiger partial charge is 0.292 e. The van der Waals surface area contributed by atoms with Crippen molar-refractivity contribution in [2.45, 2.75) is 13.3 Å². The second-order valence-corrected chi connectivity index (χ2v) is 16.4. The molecule has 1 aliphatic carbocycles. The van der Waals surface area contributed by atoms with Crippen molar-refractivity contribution >= 4 is 113 Å². The monoisotopic (exact) mass is 710 g/mol. The first kappa shape index (κ1) is 29.5. The third-order valence-electron chi connectivity index (χ3n) is 11.5. The van der Waals surface area contributed by atoms with Gasteiger partial charge >= 0.3 is 0 Å². The molecule has 4 heteroatoms. The van der Waals surface area contributed by atoms with Crippen molar-refractivity contribution in [3.63, 3.8) is 0 Å². The number of para-hydroxylation sites is 1. The van der Waals surface area contributed by atoms with Crippen LogP contribution >= 0.6 is 22.7 Å². The van der Waals surface area contributed by atoms with Gasteiger partial charge in [0.25, 0.3) is 0 Å². The van der Waals surface area contributed by atoms with E-state index in [1.165, 1.54) is 107 Å². The summed E-state index contributed by atoms with van der Waals surface area (Å²) in [5.41, 5.74) is 9.88. The number of benzene rings is 7. The molecule has 0 unspecified atom stereocenters. The first-order valence-corrected chi connectivity index (χ1v) is 19.8. The molecule has 0 amide bonds. The van der Waals surface area contributed by atoms with Gasteiger partial charge in [0, 0.05) is 47.3 Å². The molecule has 248 valence electrons. The van der Waals surface area contributed by atoms with Gasteiger partial charge < -0.3 is 0 Å². The summed E-state index contributed by atoms with van der Waals surface area (Å²) >= 11 is 3.71. The van der Waals surface area contributed by atoms with Crippen LogP contribution in [0.5, 0.6) is 0 Å². The highest BCUT2D eigenvalue weighted by Gasteiger charge is 2.29. The first-order valence-electron chi connectivity index (χ1n) is 18.1. The molecule has 0 atom stereocenters. The highest BCUT2D eigenvalue weighted by molar-refractivity contribution is 7.27. The molecule has 4 aromatic heterocycles. The van der Waals surface area contributed by atoms with E-state index in [9.17, 15) is 0 Å². The second-order valence-electron chi connectivity index (χ2n) is 14.3. The standard InChI is InChI=1S/C49H30N2S2/c1-27-22-24-34-37(26-27)45-44-32-16-6-4-13-30(32)23-25-40(44)52-47(45)46-43(34)35-17-7-9-20-38(35)51(46)48-41(33-19-11-14-29-12-3-5-15-31(29)33)28(2)42-36-18-8-10-21-39(36)53-49(42)50-48/h3-25H,1,26H2,2H3. The fourth-order valence-electron chi connectivity index (χ4n) is 9.26. The first-order chi connectivity index (χ1) is 26.1. The van der Waals surface area contributed by atoms with Crippen LogP contribution in [0.3, 0.4) is 0 Å². The van der Waals surface area contributed by atoms with Crippen molar-refractivity contribution in [3.8, 4) is 16.9 Å². The number of aryl methyl sites for hydroxylation is 1. The van der Waals surface area contributed by atoms with Crippen LogP contribution in [0.25, 0.3) is 107 Å². The van der Waals surface area contributed by atoms with Gasteiger partial charge in [-0.25, -0.2) is 4.98 Å². The van der Waals surface area contributed by atoms with Crippen molar-refractivity contribution in [2.75, 3.05) is 0 Å². The zero-order valence-corrected chi connectivity index (χ0v) is 30.5. The van der Waals surface area contributed by atoms with Gasteiger partial charge in [-0.15, -0.1) is 22.7 Å². The van der Waals surface area contributed by atoms with Gasteiger partial charge in [0.05, 0.1) is 15.7 Å². The van der Waals surface area contributed by atoms with Crippen molar-refractivity contribution in [3.05, 3.63) is 162 Å². The van der Waals surface area contributed by atoms with Crippen LogP contribution in [0.1, 0.15) is 16.7 Å². The Kier molecular flexibility index (Phi) is 5.98. The maximum absolute atomic E-state index is 5.79. The molecule has 1 aliphatic rings. The average Bonchev–Trinajstić information content (AvgIpc) is 3.88. The Hall–Kier alpha value is -6.07. The zero-order valence-electron chi connectivity index (χ0n) is 28.9. The van der Waals surface area contributed by atoms with Gasteiger partial charge in [0.15, 0.2) is 0 Å². The van der Waals surface area contributed by atoms with E-state index in [2.05, 4.69) is 158 Å². The third kappa shape index (κ3) is 3.94. The summed E-state index contributed by atoms with van der Waals surface area (Å²) in [5, 5.41) is 12.8. The molecule has 0 fully saturated rings. The molecule has 4 heterocycles. The fourth-order valence-corrected chi connectivity index (χ4v) is 11.7. The normalized spacial score (nSPS) is 13.3. The lowest BCUT2D eigenvalue weighted by atomic mass is 9.87. The number of rotatable bonds is 2. The number of nitrogens with zero attached hydrogens (tertiary/aromatic N) is 2. The molecule has 0 N–H and O–H groups in total. The summed E-state index contributed by atoms with van der Waals surface area (Å²) in [6, 6.07) is 46.7. The molecule has 0 spiro atoms. The maximum atomic E-state index is 5.79. The van der Waals surface area contributed by atoms with E-state index in [1.54, 1.807) is 11.3 Å². The predicted molar refractivity (Wildman–Crippen MR) is 231 cm³/mol. The summed E-state index contributed by atoms with van der Waals surface area (Å²) in [7, 11) is 0. The van der Waals surface area contributed by atoms with Gasteiger partial charge in [-0.1, -0.05) is 133 Å². The molecule has 11 aromatic rings. The van der Waals surface area contributed by atoms with Crippen LogP contribution in [0.4, 0.5) is 0 Å². The van der Waals surface area contributed by atoms with E-state index in [-0.39, 0.29) is 0 Å². The lowest BCUT2D eigenvalue weighted by molar-refractivity contribution is 1.11. The van der Waals surface area contributed by atoms with Crippen molar-refractivity contribution in [2.24, 2.45) is 0 Å². The van der Waals surface area contributed by atoms with Crippen LogP contribution in [0.2, 0.25) is 0 Å². The third-order valence-corrected chi connectivity index (χ3v) is 13.7. The van der Waals surface area contributed by atoms with E-state index < -0.39 is 0 Å². The Morgan fingerprint density at radius 1 is 0.604 bits per heavy atom. The number of thiophene rings is 2. The smallest absolute Gasteiger partial charge is 0.147 e. The van der Waals surface area contributed by atoms with E-state index in [1.807, 2.05) is 11.3 Å². The van der Waals surface area contributed by atoms with Crippen LogP contribution in [0.15, 0.2) is 146 Å². The lowest BCUT2D eigenvalue weighted by Gasteiger charge is -2.20. The molecule has 0 saturated heterocycles. The van der Waals surface area contributed by atoms with Gasteiger partial charge in [-0.2, -0.15) is 0 Å². The highest BCUT2D eigenvalue weighted by Crippen LogP contribution is 2.52. The number of allylic oxidation sites excluding steroid dienone is 2. The SMILES string of the molecule is C=C1C=Cc2c(c3c(sc4ccc5ccccc5c43)c3c2c2ccccc2n3-c2nc3sc4ccccc4c3c(C)c2-c2cccc3ccccc23)C1. The van der Waals surface area contributed by atoms with Gasteiger partial charge in [0.2, 0.25) is 0 Å². The summed E-state index contributed by atoms with van der Waals surface area (Å²) in [4.78, 5) is 6.86. The molecule has 12 rings (SSSR count). The molecule has 53 heavy (non-hydrogen) atoms. The number of hydrogen-bond donors (Lipinski definition) is 0. The summed E-state index contributed by atoms with van der Waals surface area (Å²) in [6.07, 6.45) is 5.38. The Bertz CT molecular complexity index is 3450. The second kappa shape index (κ2) is 10.7. The Labute approximate surface area is 313 Å². The predicted octanol–water partition coefficient (Wildman–Crippen LogP) is 14.3. The lowest BCUT2D eigenvalue weighted by Crippen LogP contribution is -2.04. The maximum Gasteiger partial charge on any atom is 0.147 e. The van der Waals surface area contributed by atoms with Gasteiger partial charge in [-0.05, 0) is 75.3 Å². The number of fused-ring (bicyclic) bond motifs is 16. The molecule has 0 bridgehead atoms. The van der Waals surface area contributed by atoms with Crippen LogP contribution in [-0.4, -0.2) is 9.55 Å². The summed E-state index contributed by atoms with van der Waals surface area (Å²) < 4.78 is 6.41. The topological polar surface area (TPSA) is 17.8 Å². The Morgan fingerprint density at radius 3 is 2.19 bits per heavy atom. The van der Waals surface area contributed by atoms with Crippen LogP contribution < -0.4 is 0 Å².